The molecule has 5 heteroatoms. The molecule has 1 unspecified atom stereocenters. The minimum atomic E-state index is -0.422. The molecule has 2 rings (SSSR count). The Morgan fingerprint density at radius 2 is 2.33 bits per heavy atom. The molecule has 98 valence electrons. The highest BCUT2D eigenvalue weighted by Crippen LogP contribution is 2.30. The van der Waals surface area contributed by atoms with E-state index in [-0.39, 0.29) is 11.8 Å². The summed E-state index contributed by atoms with van der Waals surface area (Å²) in [6.45, 7) is 2.86. The first-order valence-corrected chi connectivity index (χ1v) is 6.62. The van der Waals surface area contributed by atoms with Crippen molar-refractivity contribution < 1.29 is 13.9 Å². The molecule has 0 aliphatic carbocycles. The second-order valence-electron chi connectivity index (χ2n) is 4.30. The van der Waals surface area contributed by atoms with E-state index in [9.17, 15) is 9.18 Å². The van der Waals surface area contributed by atoms with Crippen LogP contribution in [0.4, 0.5) is 10.1 Å². The highest BCUT2D eigenvalue weighted by molar-refractivity contribution is 7.80. The molecule has 1 aromatic carbocycles. The van der Waals surface area contributed by atoms with Crippen LogP contribution in [0.5, 0.6) is 5.75 Å². The van der Waals surface area contributed by atoms with Crippen LogP contribution >= 0.6 is 12.6 Å². The van der Waals surface area contributed by atoms with Crippen molar-refractivity contribution in [3.8, 4) is 5.75 Å². The second kappa shape index (κ2) is 5.61. The molecule has 1 atom stereocenters. The number of carbonyl (C=O) groups excluding carboxylic acids is 1. The maximum Gasteiger partial charge on any atom is 0.227 e. The fraction of sp³-hybridized carbons (Fsp3) is 0.462. The van der Waals surface area contributed by atoms with Gasteiger partial charge >= 0.3 is 0 Å². The molecule has 18 heavy (non-hydrogen) atoms. The van der Waals surface area contributed by atoms with E-state index in [0.29, 0.717) is 36.8 Å². The van der Waals surface area contributed by atoms with E-state index in [1.807, 2.05) is 6.92 Å². The van der Waals surface area contributed by atoms with Crippen molar-refractivity contribution in [3.05, 3.63) is 24.0 Å². The van der Waals surface area contributed by atoms with Gasteiger partial charge in [0.15, 0.2) is 5.82 Å². The number of carbonyl (C=O) groups is 1. The summed E-state index contributed by atoms with van der Waals surface area (Å²) in [4.78, 5) is 13.3. The monoisotopic (exact) mass is 269 g/mol. The molecule has 0 bridgehead atoms. The molecule has 1 aliphatic rings. The van der Waals surface area contributed by atoms with Crippen molar-refractivity contribution in [2.24, 2.45) is 5.92 Å². The van der Waals surface area contributed by atoms with E-state index in [1.165, 1.54) is 11.0 Å². The average molecular weight is 269 g/mol. The molecule has 1 saturated heterocycles. The second-order valence-corrected chi connectivity index (χ2v) is 4.67. The molecule has 0 N–H and O–H groups in total. The van der Waals surface area contributed by atoms with E-state index in [2.05, 4.69) is 12.6 Å². The van der Waals surface area contributed by atoms with Crippen LogP contribution in [0.15, 0.2) is 18.2 Å². The van der Waals surface area contributed by atoms with Crippen molar-refractivity contribution in [2.75, 3.05) is 23.8 Å². The summed E-state index contributed by atoms with van der Waals surface area (Å²) in [6, 6.07) is 4.60. The van der Waals surface area contributed by atoms with Gasteiger partial charge in [-0.1, -0.05) is 0 Å². The first-order valence-electron chi connectivity index (χ1n) is 5.99. The maximum absolute atomic E-state index is 13.9. The predicted octanol–water partition coefficient (Wildman–Crippen LogP) is 2.51. The third-order valence-corrected chi connectivity index (χ3v) is 3.50. The largest absolute Gasteiger partial charge is 0.494 e. The minimum absolute atomic E-state index is 0.0443. The predicted molar refractivity (Wildman–Crippen MR) is 71.9 cm³/mol. The molecular formula is C13H16FNO2S. The Balaban J connectivity index is 2.21. The summed E-state index contributed by atoms with van der Waals surface area (Å²) in [7, 11) is 0. The molecule has 1 heterocycles. The lowest BCUT2D eigenvalue weighted by Crippen LogP contribution is -2.25. The molecular weight excluding hydrogens is 253 g/mol. The van der Waals surface area contributed by atoms with Crippen LogP contribution in [0.2, 0.25) is 0 Å². The van der Waals surface area contributed by atoms with Gasteiger partial charge in [-0.3, -0.25) is 4.79 Å². The van der Waals surface area contributed by atoms with Gasteiger partial charge in [0.1, 0.15) is 5.75 Å². The zero-order chi connectivity index (χ0) is 13.1. The molecule has 0 aromatic heterocycles. The van der Waals surface area contributed by atoms with E-state index in [1.54, 1.807) is 12.1 Å². The molecule has 1 aromatic rings. The number of benzene rings is 1. The van der Waals surface area contributed by atoms with Gasteiger partial charge in [-0.25, -0.2) is 4.39 Å². The summed E-state index contributed by atoms with van der Waals surface area (Å²) in [5.74, 6) is 0.857. The van der Waals surface area contributed by atoms with Gasteiger partial charge in [-0.15, -0.1) is 0 Å². The first kappa shape index (κ1) is 13.2. The zero-order valence-corrected chi connectivity index (χ0v) is 11.1. The van der Waals surface area contributed by atoms with Gasteiger partial charge in [0, 0.05) is 19.0 Å². The molecule has 1 fully saturated rings. The number of hydrogen-bond donors (Lipinski definition) is 1. The number of anilines is 1. The number of amides is 1. The quantitative estimate of drug-likeness (QED) is 0.851. The van der Waals surface area contributed by atoms with Crippen LogP contribution in [0.3, 0.4) is 0 Å². The normalized spacial score (nSPS) is 19.4. The van der Waals surface area contributed by atoms with E-state index in [4.69, 9.17) is 4.74 Å². The van der Waals surface area contributed by atoms with Crippen LogP contribution < -0.4 is 9.64 Å². The Kier molecular flexibility index (Phi) is 4.11. The molecule has 1 aliphatic heterocycles. The van der Waals surface area contributed by atoms with Crippen molar-refractivity contribution in [1.29, 1.82) is 0 Å². The maximum atomic E-state index is 13.9. The first-order chi connectivity index (χ1) is 8.65. The van der Waals surface area contributed by atoms with Crippen molar-refractivity contribution in [2.45, 2.75) is 13.3 Å². The molecule has 3 nitrogen and oxygen atoms in total. The fourth-order valence-electron chi connectivity index (χ4n) is 2.10. The Bertz CT molecular complexity index is 453. The topological polar surface area (TPSA) is 29.5 Å². The molecule has 0 spiro atoms. The van der Waals surface area contributed by atoms with Gasteiger partial charge < -0.3 is 9.64 Å². The van der Waals surface area contributed by atoms with E-state index < -0.39 is 5.82 Å². The number of hydrogen-bond acceptors (Lipinski definition) is 3. The van der Waals surface area contributed by atoms with Crippen molar-refractivity contribution in [1.82, 2.24) is 0 Å². The lowest BCUT2D eigenvalue weighted by molar-refractivity contribution is -0.117. The molecule has 1 amide bonds. The average Bonchev–Trinajstić information content (AvgIpc) is 2.71. The van der Waals surface area contributed by atoms with Crippen LogP contribution in [0, 0.1) is 11.7 Å². The zero-order valence-electron chi connectivity index (χ0n) is 10.2. The Labute approximate surface area is 111 Å². The lowest BCUT2D eigenvalue weighted by atomic mass is 10.1. The summed E-state index contributed by atoms with van der Waals surface area (Å²) in [5, 5.41) is 0. The van der Waals surface area contributed by atoms with Crippen LogP contribution in [-0.4, -0.2) is 24.8 Å². The number of rotatable bonds is 4. The van der Waals surface area contributed by atoms with Crippen LogP contribution in [-0.2, 0) is 4.79 Å². The van der Waals surface area contributed by atoms with Crippen molar-refractivity contribution in [3.63, 3.8) is 0 Å². The summed E-state index contributed by atoms with van der Waals surface area (Å²) >= 11 is 4.19. The van der Waals surface area contributed by atoms with Crippen molar-refractivity contribution >= 4 is 24.2 Å². The third-order valence-electron chi connectivity index (χ3n) is 2.98. The Morgan fingerprint density at radius 3 is 2.89 bits per heavy atom. The smallest absolute Gasteiger partial charge is 0.227 e. The number of nitrogens with zero attached hydrogens (tertiary/aromatic N) is 1. The summed E-state index contributed by atoms with van der Waals surface area (Å²) < 4.78 is 19.2. The summed E-state index contributed by atoms with van der Waals surface area (Å²) in [5.41, 5.74) is 0.327. The SMILES string of the molecule is CCOc1ccc(N2CC(CS)CC2=O)c(F)c1. The van der Waals surface area contributed by atoms with Gasteiger partial charge in [0.2, 0.25) is 5.91 Å². The number of ether oxygens (including phenoxy) is 1. The van der Waals surface area contributed by atoms with Gasteiger partial charge in [0.25, 0.3) is 0 Å². The van der Waals surface area contributed by atoms with Gasteiger partial charge in [0.05, 0.1) is 12.3 Å². The lowest BCUT2D eigenvalue weighted by Gasteiger charge is -2.17. The number of halogens is 1. The van der Waals surface area contributed by atoms with Gasteiger partial charge in [-0.05, 0) is 30.7 Å². The van der Waals surface area contributed by atoms with Crippen LogP contribution in [0.1, 0.15) is 13.3 Å². The van der Waals surface area contributed by atoms with E-state index >= 15 is 0 Å². The fourth-order valence-corrected chi connectivity index (χ4v) is 2.34. The third kappa shape index (κ3) is 2.61. The summed E-state index contributed by atoms with van der Waals surface area (Å²) in [6.07, 6.45) is 0.441. The Hall–Kier alpha value is -1.23. The highest BCUT2D eigenvalue weighted by atomic mass is 32.1. The standard InChI is InChI=1S/C13H16FNO2S/c1-2-17-10-3-4-12(11(14)6-10)15-7-9(8-18)5-13(15)16/h3-4,6,9,18H,2,5,7-8H2,1H3. The molecule has 0 saturated carbocycles. The number of thiol groups is 1. The van der Waals surface area contributed by atoms with Gasteiger partial charge in [-0.2, -0.15) is 12.6 Å². The molecule has 0 radical (unpaired) electrons. The minimum Gasteiger partial charge on any atom is -0.494 e. The highest BCUT2D eigenvalue weighted by Gasteiger charge is 2.31. The van der Waals surface area contributed by atoms with E-state index in [0.717, 1.165) is 0 Å². The Morgan fingerprint density at radius 1 is 1.56 bits per heavy atom. The van der Waals surface area contributed by atoms with Crippen LogP contribution in [0.25, 0.3) is 0 Å².